The van der Waals surface area contributed by atoms with Crippen molar-refractivity contribution in [1.82, 2.24) is 15.1 Å². The monoisotopic (exact) mass is 411 g/mol. The smallest absolute Gasteiger partial charge is 0.325 e. The van der Waals surface area contributed by atoms with Crippen LogP contribution in [0.5, 0.6) is 0 Å². The van der Waals surface area contributed by atoms with Crippen LogP contribution in [0.25, 0.3) is 0 Å². The minimum atomic E-state index is -1.10. The maximum atomic E-state index is 13.2. The molecule has 0 spiro atoms. The molecule has 2 atom stereocenters. The van der Waals surface area contributed by atoms with Gasteiger partial charge in [0, 0.05) is 16.3 Å². The maximum Gasteiger partial charge on any atom is 0.325 e. The Morgan fingerprint density at radius 1 is 1.21 bits per heavy atom. The summed E-state index contributed by atoms with van der Waals surface area (Å²) in [6.45, 7) is 4.35. The highest BCUT2D eigenvalue weighted by Crippen LogP contribution is 2.37. The predicted octanol–water partition coefficient (Wildman–Crippen LogP) is 3.58. The molecule has 4 rings (SSSR count). The Labute approximate surface area is 174 Å². The standard InChI is InChI=1S/C22H25N3O3S/c1-3-22(16-8-5-4-6-9-16)20(27)25(21(28)23-22)14-19(26)24-13-7-10-17(24)18-12-11-15(2)29-18/h4-6,8-9,11-12,17H,3,7,10,13-14H2,1-2H3,(H,23,28). The first-order valence-corrected chi connectivity index (χ1v) is 10.8. The van der Waals surface area contributed by atoms with E-state index in [0.29, 0.717) is 13.0 Å². The van der Waals surface area contributed by atoms with Crippen molar-refractivity contribution >= 4 is 29.2 Å². The van der Waals surface area contributed by atoms with Gasteiger partial charge in [-0.05, 0) is 43.9 Å². The van der Waals surface area contributed by atoms with Crippen LogP contribution in [-0.2, 0) is 15.1 Å². The molecule has 0 bridgehead atoms. The van der Waals surface area contributed by atoms with E-state index >= 15 is 0 Å². The Balaban J connectivity index is 1.54. The van der Waals surface area contributed by atoms with Gasteiger partial charge in [-0.3, -0.25) is 14.5 Å². The van der Waals surface area contributed by atoms with E-state index in [9.17, 15) is 14.4 Å². The first-order valence-electron chi connectivity index (χ1n) is 10.0. The van der Waals surface area contributed by atoms with Gasteiger partial charge in [0.25, 0.3) is 5.91 Å². The average Bonchev–Trinajstić information content (AvgIpc) is 3.43. The van der Waals surface area contributed by atoms with Crippen molar-refractivity contribution in [2.75, 3.05) is 13.1 Å². The van der Waals surface area contributed by atoms with E-state index in [4.69, 9.17) is 0 Å². The lowest BCUT2D eigenvalue weighted by Gasteiger charge is -2.27. The molecule has 6 nitrogen and oxygen atoms in total. The number of carbonyl (C=O) groups excluding carboxylic acids is 3. The van der Waals surface area contributed by atoms with Crippen LogP contribution in [0.15, 0.2) is 42.5 Å². The Morgan fingerprint density at radius 2 is 1.97 bits per heavy atom. The lowest BCUT2D eigenvalue weighted by atomic mass is 9.87. The van der Waals surface area contributed by atoms with Crippen LogP contribution in [-0.4, -0.2) is 40.7 Å². The van der Waals surface area contributed by atoms with Gasteiger partial charge in [-0.25, -0.2) is 4.79 Å². The van der Waals surface area contributed by atoms with Crippen LogP contribution in [0.1, 0.15) is 47.5 Å². The molecule has 29 heavy (non-hydrogen) atoms. The number of aryl methyl sites for hydroxylation is 1. The molecule has 7 heteroatoms. The second-order valence-corrected chi connectivity index (χ2v) is 8.96. The highest BCUT2D eigenvalue weighted by Gasteiger charge is 2.52. The van der Waals surface area contributed by atoms with Crippen molar-refractivity contribution in [2.24, 2.45) is 0 Å². The normalized spacial score (nSPS) is 24.3. The molecule has 0 radical (unpaired) electrons. The topological polar surface area (TPSA) is 69.7 Å². The van der Waals surface area contributed by atoms with E-state index < -0.39 is 11.6 Å². The summed E-state index contributed by atoms with van der Waals surface area (Å²) in [6, 6.07) is 12.9. The Hall–Kier alpha value is -2.67. The van der Waals surface area contributed by atoms with Crippen LogP contribution < -0.4 is 5.32 Å². The number of carbonyl (C=O) groups is 3. The van der Waals surface area contributed by atoms with Crippen LogP contribution in [0.2, 0.25) is 0 Å². The lowest BCUT2D eigenvalue weighted by Crippen LogP contribution is -2.45. The molecule has 0 saturated carbocycles. The summed E-state index contributed by atoms with van der Waals surface area (Å²) in [5.41, 5.74) is -0.364. The SMILES string of the molecule is CCC1(c2ccccc2)NC(=O)N(CC(=O)N2CCCC2c2ccc(C)s2)C1=O. The second kappa shape index (κ2) is 7.63. The van der Waals surface area contributed by atoms with Gasteiger partial charge in [0.1, 0.15) is 12.1 Å². The number of benzene rings is 1. The summed E-state index contributed by atoms with van der Waals surface area (Å²) in [5.74, 6) is -0.533. The second-order valence-electron chi connectivity index (χ2n) is 7.64. The van der Waals surface area contributed by atoms with Gasteiger partial charge in [-0.15, -0.1) is 11.3 Å². The van der Waals surface area contributed by atoms with Crippen molar-refractivity contribution < 1.29 is 14.4 Å². The van der Waals surface area contributed by atoms with Gasteiger partial charge < -0.3 is 10.2 Å². The molecule has 4 amide bonds. The highest BCUT2D eigenvalue weighted by atomic mass is 32.1. The molecule has 2 saturated heterocycles. The van der Waals surface area contributed by atoms with Gasteiger partial charge >= 0.3 is 6.03 Å². The van der Waals surface area contributed by atoms with Gasteiger partial charge in [-0.2, -0.15) is 0 Å². The Morgan fingerprint density at radius 3 is 2.62 bits per heavy atom. The zero-order valence-corrected chi connectivity index (χ0v) is 17.5. The third kappa shape index (κ3) is 3.33. The average molecular weight is 412 g/mol. The number of rotatable bonds is 5. The van der Waals surface area contributed by atoms with Crippen molar-refractivity contribution in [1.29, 1.82) is 0 Å². The predicted molar refractivity (Wildman–Crippen MR) is 111 cm³/mol. The molecule has 1 aromatic heterocycles. The van der Waals surface area contributed by atoms with Gasteiger partial charge in [-0.1, -0.05) is 37.3 Å². The highest BCUT2D eigenvalue weighted by molar-refractivity contribution is 7.12. The van der Waals surface area contributed by atoms with Crippen LogP contribution in [0, 0.1) is 6.92 Å². The van der Waals surface area contributed by atoms with Crippen molar-refractivity contribution in [2.45, 2.75) is 44.7 Å². The molecule has 2 unspecified atom stereocenters. The molecule has 1 aromatic carbocycles. The number of imide groups is 1. The summed E-state index contributed by atoms with van der Waals surface area (Å²) in [6.07, 6.45) is 2.26. The number of likely N-dealkylation sites (tertiary alicyclic amines) is 1. The third-order valence-corrected chi connectivity index (χ3v) is 7.03. The summed E-state index contributed by atoms with van der Waals surface area (Å²) in [4.78, 5) is 44.3. The maximum absolute atomic E-state index is 13.2. The molecule has 2 fully saturated rings. The number of hydrogen-bond donors (Lipinski definition) is 1. The summed E-state index contributed by atoms with van der Waals surface area (Å²) in [7, 11) is 0. The number of nitrogens with zero attached hydrogens (tertiary/aromatic N) is 2. The molecule has 152 valence electrons. The van der Waals surface area contributed by atoms with Crippen molar-refractivity contribution in [3.63, 3.8) is 0 Å². The zero-order chi connectivity index (χ0) is 20.6. The summed E-state index contributed by atoms with van der Waals surface area (Å²) >= 11 is 1.70. The Kier molecular flexibility index (Phi) is 5.17. The Bertz CT molecular complexity index is 942. The first-order chi connectivity index (χ1) is 14.0. The largest absolute Gasteiger partial charge is 0.333 e. The van der Waals surface area contributed by atoms with Crippen molar-refractivity contribution in [3.05, 3.63) is 57.8 Å². The van der Waals surface area contributed by atoms with Crippen LogP contribution in [0.3, 0.4) is 0 Å². The minimum absolute atomic E-state index is 0.0343. The van der Waals surface area contributed by atoms with E-state index in [0.717, 1.165) is 28.2 Å². The summed E-state index contributed by atoms with van der Waals surface area (Å²) in [5, 5.41) is 2.84. The third-order valence-electron chi connectivity index (χ3n) is 5.93. The minimum Gasteiger partial charge on any atom is -0.333 e. The molecule has 3 heterocycles. The van der Waals surface area contributed by atoms with Gasteiger partial charge in [0.2, 0.25) is 5.91 Å². The fraction of sp³-hybridized carbons (Fsp3) is 0.409. The van der Waals surface area contributed by atoms with E-state index in [2.05, 4.69) is 24.4 Å². The van der Waals surface area contributed by atoms with E-state index in [1.807, 2.05) is 42.2 Å². The number of hydrogen-bond acceptors (Lipinski definition) is 4. The summed E-state index contributed by atoms with van der Waals surface area (Å²) < 4.78 is 0. The molecule has 2 aromatic rings. The molecule has 0 aliphatic carbocycles. The quantitative estimate of drug-likeness (QED) is 0.765. The zero-order valence-electron chi connectivity index (χ0n) is 16.7. The lowest BCUT2D eigenvalue weighted by molar-refractivity contribution is -0.139. The molecule has 2 aliphatic heterocycles. The van der Waals surface area contributed by atoms with Crippen LogP contribution >= 0.6 is 11.3 Å². The van der Waals surface area contributed by atoms with Gasteiger partial charge in [0.05, 0.1) is 6.04 Å². The number of thiophene rings is 1. The van der Waals surface area contributed by atoms with Crippen LogP contribution in [0.4, 0.5) is 4.79 Å². The first kappa shape index (κ1) is 19.6. The van der Waals surface area contributed by atoms with E-state index in [-0.39, 0.29) is 24.4 Å². The van der Waals surface area contributed by atoms with E-state index in [1.54, 1.807) is 11.3 Å². The molecule has 1 N–H and O–H groups in total. The van der Waals surface area contributed by atoms with Gasteiger partial charge in [0.15, 0.2) is 0 Å². The number of nitrogens with one attached hydrogen (secondary N) is 1. The fourth-order valence-corrected chi connectivity index (χ4v) is 5.38. The molecular formula is C22H25N3O3S. The van der Waals surface area contributed by atoms with E-state index in [1.165, 1.54) is 4.88 Å². The number of urea groups is 1. The van der Waals surface area contributed by atoms with Crippen molar-refractivity contribution in [3.8, 4) is 0 Å². The fourth-order valence-electron chi connectivity index (χ4n) is 4.35. The molecule has 2 aliphatic rings. The molecular weight excluding hydrogens is 386 g/mol. The number of amides is 4.